The summed E-state index contributed by atoms with van der Waals surface area (Å²) < 4.78 is 11.3. The van der Waals surface area contributed by atoms with Crippen LogP contribution < -0.4 is 0 Å². The van der Waals surface area contributed by atoms with Crippen molar-refractivity contribution in [3.8, 4) is 0 Å². The fourth-order valence-corrected chi connectivity index (χ4v) is 1.88. The number of ether oxygens (including phenoxy) is 2. The summed E-state index contributed by atoms with van der Waals surface area (Å²) in [6.45, 7) is 6.75. The second-order valence-corrected chi connectivity index (χ2v) is 3.45. The maximum atomic E-state index is 5.73. The van der Waals surface area contributed by atoms with E-state index in [4.69, 9.17) is 9.47 Å². The molecule has 0 aromatic carbocycles. The lowest BCUT2D eigenvalue weighted by molar-refractivity contribution is -0.0843. The molecular formula is C11H15O2. The van der Waals surface area contributed by atoms with Gasteiger partial charge < -0.3 is 9.47 Å². The third-order valence-corrected chi connectivity index (χ3v) is 2.47. The molecule has 2 bridgehead atoms. The van der Waals surface area contributed by atoms with Gasteiger partial charge in [0.25, 0.3) is 0 Å². The quantitative estimate of drug-likeness (QED) is 0.602. The van der Waals surface area contributed by atoms with Gasteiger partial charge in [-0.2, -0.15) is 0 Å². The summed E-state index contributed by atoms with van der Waals surface area (Å²) in [6.07, 6.45) is 7.44. The summed E-state index contributed by atoms with van der Waals surface area (Å²) in [7, 11) is 0. The van der Waals surface area contributed by atoms with E-state index in [9.17, 15) is 0 Å². The molecule has 0 aromatic rings. The normalized spacial score (nSPS) is 37.9. The predicted octanol–water partition coefficient (Wildman–Crippen LogP) is 1.88. The van der Waals surface area contributed by atoms with Crippen molar-refractivity contribution in [3.63, 3.8) is 0 Å². The molecule has 2 heterocycles. The van der Waals surface area contributed by atoms with Crippen LogP contribution in [0.1, 0.15) is 13.3 Å². The Bertz CT molecular complexity index is 232. The molecule has 2 heteroatoms. The van der Waals surface area contributed by atoms with Crippen LogP contribution in [0.2, 0.25) is 0 Å². The molecule has 0 saturated carbocycles. The van der Waals surface area contributed by atoms with Gasteiger partial charge in [-0.05, 0) is 12.5 Å². The molecule has 1 fully saturated rings. The van der Waals surface area contributed by atoms with Gasteiger partial charge in [-0.15, -0.1) is 0 Å². The SMILES string of the molecule is C=C1C[C@H]2C=C[CH][C@H](O2)[C@H]1OCC. The second-order valence-electron chi connectivity index (χ2n) is 3.45. The molecule has 2 rings (SSSR count). The maximum Gasteiger partial charge on any atom is 0.105 e. The van der Waals surface area contributed by atoms with Crippen LogP contribution in [-0.2, 0) is 9.47 Å². The minimum absolute atomic E-state index is 0.0613. The van der Waals surface area contributed by atoms with Gasteiger partial charge in [-0.25, -0.2) is 0 Å². The molecule has 0 unspecified atom stereocenters. The molecular weight excluding hydrogens is 164 g/mol. The molecule has 0 spiro atoms. The first kappa shape index (κ1) is 8.97. The fourth-order valence-electron chi connectivity index (χ4n) is 1.88. The van der Waals surface area contributed by atoms with Crippen LogP contribution in [0.3, 0.4) is 0 Å². The van der Waals surface area contributed by atoms with Crippen molar-refractivity contribution in [2.24, 2.45) is 0 Å². The highest BCUT2D eigenvalue weighted by atomic mass is 16.5. The molecule has 71 valence electrons. The second kappa shape index (κ2) is 3.64. The largest absolute Gasteiger partial charge is 0.371 e. The van der Waals surface area contributed by atoms with Crippen molar-refractivity contribution in [2.75, 3.05) is 6.61 Å². The Labute approximate surface area is 79.2 Å². The number of fused-ring (bicyclic) bond motifs is 2. The highest BCUT2D eigenvalue weighted by Crippen LogP contribution is 2.31. The van der Waals surface area contributed by atoms with Crippen molar-refractivity contribution in [3.05, 3.63) is 30.7 Å². The van der Waals surface area contributed by atoms with E-state index in [-0.39, 0.29) is 18.3 Å². The Balaban J connectivity index is 2.10. The van der Waals surface area contributed by atoms with Crippen LogP contribution in [0, 0.1) is 6.42 Å². The Morgan fingerprint density at radius 3 is 3.31 bits per heavy atom. The van der Waals surface area contributed by atoms with Crippen LogP contribution >= 0.6 is 0 Å². The van der Waals surface area contributed by atoms with E-state index < -0.39 is 0 Å². The summed E-state index contributed by atoms with van der Waals surface area (Å²) in [4.78, 5) is 0. The Morgan fingerprint density at radius 2 is 2.54 bits per heavy atom. The average Bonchev–Trinajstić information content (AvgIpc) is 2.12. The number of rotatable bonds is 2. The Hall–Kier alpha value is -0.600. The molecule has 13 heavy (non-hydrogen) atoms. The maximum absolute atomic E-state index is 5.73. The van der Waals surface area contributed by atoms with Gasteiger partial charge in [0.2, 0.25) is 0 Å². The first-order chi connectivity index (χ1) is 6.31. The molecule has 0 aromatic heterocycles. The summed E-state index contributed by atoms with van der Waals surface area (Å²) in [5, 5.41) is 0. The van der Waals surface area contributed by atoms with Crippen molar-refractivity contribution < 1.29 is 9.47 Å². The van der Waals surface area contributed by atoms with E-state index in [2.05, 4.69) is 18.7 Å². The lowest BCUT2D eigenvalue weighted by Crippen LogP contribution is -2.43. The van der Waals surface area contributed by atoms with E-state index in [1.165, 1.54) is 0 Å². The topological polar surface area (TPSA) is 18.5 Å². The zero-order valence-electron chi connectivity index (χ0n) is 7.90. The van der Waals surface area contributed by atoms with E-state index in [0.29, 0.717) is 6.61 Å². The van der Waals surface area contributed by atoms with Crippen LogP contribution in [0.25, 0.3) is 0 Å². The molecule has 2 nitrogen and oxygen atoms in total. The summed E-state index contributed by atoms with van der Waals surface area (Å²) in [6, 6.07) is 0. The standard InChI is InChI=1S/C11H15O2/c1-3-12-11-8(2)7-9-5-4-6-10(11)13-9/h4-6,9-11H,2-3,7H2,1H3/t9-,10+,11+/m1/s1. The molecule has 2 aliphatic rings. The highest BCUT2D eigenvalue weighted by Gasteiger charge is 2.34. The fraction of sp³-hybridized carbons (Fsp3) is 0.545. The smallest absolute Gasteiger partial charge is 0.105 e. The van der Waals surface area contributed by atoms with E-state index in [0.717, 1.165) is 12.0 Å². The zero-order chi connectivity index (χ0) is 9.26. The number of hydrogen-bond acceptors (Lipinski definition) is 2. The van der Waals surface area contributed by atoms with E-state index in [1.54, 1.807) is 0 Å². The van der Waals surface area contributed by atoms with Gasteiger partial charge >= 0.3 is 0 Å². The summed E-state index contributed by atoms with van der Waals surface area (Å²) in [5.74, 6) is 0. The average molecular weight is 179 g/mol. The van der Waals surface area contributed by atoms with Crippen LogP contribution in [-0.4, -0.2) is 24.9 Å². The van der Waals surface area contributed by atoms with Crippen molar-refractivity contribution >= 4 is 0 Å². The van der Waals surface area contributed by atoms with Gasteiger partial charge in [-0.3, -0.25) is 0 Å². The van der Waals surface area contributed by atoms with E-state index >= 15 is 0 Å². The third-order valence-electron chi connectivity index (χ3n) is 2.47. The molecule has 1 saturated heterocycles. The highest BCUT2D eigenvalue weighted by molar-refractivity contribution is 5.22. The van der Waals surface area contributed by atoms with Gasteiger partial charge in [0.05, 0.1) is 12.2 Å². The van der Waals surface area contributed by atoms with Crippen LogP contribution in [0.5, 0.6) is 0 Å². The molecule has 0 amide bonds. The van der Waals surface area contributed by atoms with Crippen LogP contribution in [0.15, 0.2) is 24.3 Å². The molecule has 0 N–H and O–H groups in total. The summed E-state index contributed by atoms with van der Waals surface area (Å²) >= 11 is 0. The van der Waals surface area contributed by atoms with Gasteiger partial charge in [0.1, 0.15) is 6.10 Å². The molecule has 1 radical (unpaired) electrons. The monoisotopic (exact) mass is 179 g/mol. The zero-order valence-corrected chi connectivity index (χ0v) is 7.90. The third kappa shape index (κ3) is 1.69. The van der Waals surface area contributed by atoms with Gasteiger partial charge in [0.15, 0.2) is 0 Å². The first-order valence-electron chi connectivity index (χ1n) is 4.77. The predicted molar refractivity (Wildman–Crippen MR) is 51.3 cm³/mol. The van der Waals surface area contributed by atoms with Crippen molar-refractivity contribution in [2.45, 2.75) is 31.7 Å². The lowest BCUT2D eigenvalue weighted by Gasteiger charge is -2.38. The van der Waals surface area contributed by atoms with Crippen molar-refractivity contribution in [1.82, 2.24) is 0 Å². The number of hydrogen-bond donors (Lipinski definition) is 0. The molecule has 2 aliphatic heterocycles. The lowest BCUT2D eigenvalue weighted by atomic mass is 9.91. The summed E-state index contributed by atoms with van der Waals surface area (Å²) in [5.41, 5.74) is 1.16. The van der Waals surface area contributed by atoms with E-state index in [1.807, 2.05) is 13.3 Å². The van der Waals surface area contributed by atoms with Gasteiger partial charge in [-0.1, -0.05) is 18.7 Å². The minimum Gasteiger partial charge on any atom is -0.371 e. The Morgan fingerprint density at radius 1 is 1.69 bits per heavy atom. The van der Waals surface area contributed by atoms with Gasteiger partial charge in [0, 0.05) is 19.4 Å². The molecule has 0 aliphatic carbocycles. The molecule has 3 atom stereocenters. The minimum atomic E-state index is 0.0613. The first-order valence-corrected chi connectivity index (χ1v) is 4.77. The van der Waals surface area contributed by atoms with Crippen molar-refractivity contribution in [1.29, 1.82) is 0 Å². The van der Waals surface area contributed by atoms with Crippen LogP contribution in [0.4, 0.5) is 0 Å². The Kier molecular flexibility index (Phi) is 2.51.